The average Bonchev–Trinajstić information content (AvgIpc) is 2.81. The molecule has 0 bridgehead atoms. The van der Waals surface area contributed by atoms with Crippen LogP contribution in [0.1, 0.15) is 34.4 Å². The SMILES string of the molecule is Cc1c(COc2ccc(-c3ccc4c(n3)CCN(CCC(=O)O)C4)cc2)cccc1C(F)(F)F. The number of carboxylic acid groups (broad SMARTS) is 1. The third-order valence-corrected chi connectivity index (χ3v) is 6.06. The van der Waals surface area contributed by atoms with Crippen LogP contribution in [0.5, 0.6) is 5.75 Å². The second kappa shape index (κ2) is 9.85. The number of nitrogens with zero attached hydrogens (tertiary/aromatic N) is 2. The summed E-state index contributed by atoms with van der Waals surface area (Å²) < 4.78 is 45.1. The molecule has 0 fully saturated rings. The van der Waals surface area contributed by atoms with Gasteiger partial charge in [0.1, 0.15) is 12.4 Å². The van der Waals surface area contributed by atoms with Gasteiger partial charge in [-0.1, -0.05) is 18.2 Å². The van der Waals surface area contributed by atoms with Gasteiger partial charge in [0.25, 0.3) is 0 Å². The van der Waals surface area contributed by atoms with E-state index < -0.39 is 17.7 Å². The molecular formula is C26H25F3N2O3. The van der Waals surface area contributed by atoms with Gasteiger partial charge in [-0.3, -0.25) is 14.7 Å². The molecule has 2 heterocycles. The Bertz CT molecular complexity index is 1180. The number of ether oxygens (including phenoxy) is 1. The summed E-state index contributed by atoms with van der Waals surface area (Å²) >= 11 is 0. The van der Waals surface area contributed by atoms with Gasteiger partial charge in [0, 0.05) is 37.3 Å². The maximum absolute atomic E-state index is 13.1. The third-order valence-electron chi connectivity index (χ3n) is 6.06. The minimum atomic E-state index is -4.39. The fraction of sp³-hybridized carbons (Fsp3) is 0.308. The van der Waals surface area contributed by atoms with E-state index in [-0.39, 0.29) is 18.6 Å². The summed E-state index contributed by atoms with van der Waals surface area (Å²) in [5, 5.41) is 8.88. The van der Waals surface area contributed by atoms with E-state index in [9.17, 15) is 18.0 Å². The van der Waals surface area contributed by atoms with Gasteiger partial charge in [0.15, 0.2) is 0 Å². The molecule has 3 aromatic rings. The van der Waals surface area contributed by atoms with Crippen molar-refractivity contribution in [2.24, 2.45) is 0 Å². The van der Waals surface area contributed by atoms with Crippen molar-refractivity contribution in [3.05, 3.63) is 82.5 Å². The van der Waals surface area contributed by atoms with Crippen LogP contribution in [-0.2, 0) is 30.5 Å². The van der Waals surface area contributed by atoms with E-state index >= 15 is 0 Å². The van der Waals surface area contributed by atoms with Crippen molar-refractivity contribution < 1.29 is 27.8 Å². The Morgan fingerprint density at radius 3 is 2.59 bits per heavy atom. The lowest BCUT2D eigenvalue weighted by atomic mass is 10.0. The van der Waals surface area contributed by atoms with E-state index in [0.717, 1.165) is 41.5 Å². The zero-order valence-corrected chi connectivity index (χ0v) is 18.7. The van der Waals surface area contributed by atoms with Crippen LogP contribution in [0.3, 0.4) is 0 Å². The lowest BCUT2D eigenvalue weighted by Crippen LogP contribution is -2.32. The molecule has 1 aliphatic heterocycles. The molecule has 0 spiro atoms. The Morgan fingerprint density at radius 1 is 1.12 bits per heavy atom. The number of pyridine rings is 1. The Morgan fingerprint density at radius 2 is 1.88 bits per heavy atom. The van der Waals surface area contributed by atoms with E-state index in [1.807, 2.05) is 24.3 Å². The molecule has 8 heteroatoms. The Kier molecular flexibility index (Phi) is 6.88. The van der Waals surface area contributed by atoms with Gasteiger partial charge in [0.05, 0.1) is 17.7 Å². The summed E-state index contributed by atoms with van der Waals surface area (Å²) in [4.78, 5) is 17.7. The standard InChI is InChI=1S/C26H25F3N2O3/c1-17-20(3-2-4-22(17)26(27,28)29)16-34-21-8-5-18(6-9-21)23-10-7-19-15-31(14-12-25(32)33)13-11-24(19)30-23/h2-10H,11-16H2,1H3,(H,32,33). The van der Waals surface area contributed by atoms with Crippen molar-refractivity contribution in [2.45, 2.75) is 39.1 Å². The smallest absolute Gasteiger partial charge is 0.416 e. The molecule has 0 aliphatic carbocycles. The molecule has 1 aliphatic rings. The summed E-state index contributed by atoms with van der Waals surface area (Å²) in [6.07, 6.45) is -3.50. The predicted molar refractivity (Wildman–Crippen MR) is 121 cm³/mol. The second-order valence-electron chi connectivity index (χ2n) is 8.37. The molecule has 4 rings (SSSR count). The van der Waals surface area contributed by atoms with Crippen LogP contribution >= 0.6 is 0 Å². The van der Waals surface area contributed by atoms with E-state index in [4.69, 9.17) is 14.8 Å². The molecule has 0 unspecified atom stereocenters. The topological polar surface area (TPSA) is 62.7 Å². The molecule has 0 radical (unpaired) electrons. The maximum atomic E-state index is 13.1. The summed E-state index contributed by atoms with van der Waals surface area (Å²) in [6.45, 7) is 3.50. The van der Waals surface area contributed by atoms with Crippen LogP contribution in [0, 0.1) is 6.92 Å². The number of aliphatic carboxylic acids is 1. The molecule has 0 saturated heterocycles. The van der Waals surface area contributed by atoms with Crippen LogP contribution in [-0.4, -0.2) is 34.0 Å². The minimum absolute atomic E-state index is 0.0462. The van der Waals surface area contributed by atoms with Gasteiger partial charge in [-0.25, -0.2) is 0 Å². The summed E-state index contributed by atoms with van der Waals surface area (Å²) in [5.74, 6) is -0.232. The number of halogens is 3. The van der Waals surface area contributed by atoms with Crippen LogP contribution in [0.2, 0.25) is 0 Å². The molecular weight excluding hydrogens is 445 g/mol. The average molecular weight is 470 g/mol. The van der Waals surface area contributed by atoms with E-state index in [1.165, 1.54) is 13.0 Å². The van der Waals surface area contributed by atoms with Gasteiger partial charge in [0.2, 0.25) is 0 Å². The highest BCUT2D eigenvalue weighted by Gasteiger charge is 2.32. The van der Waals surface area contributed by atoms with Gasteiger partial charge in [-0.15, -0.1) is 0 Å². The molecule has 0 saturated carbocycles. The number of aromatic nitrogens is 1. The largest absolute Gasteiger partial charge is 0.489 e. The number of carboxylic acids is 1. The molecule has 0 atom stereocenters. The van der Waals surface area contributed by atoms with Gasteiger partial charge in [-0.2, -0.15) is 13.2 Å². The number of hydrogen-bond acceptors (Lipinski definition) is 4. The van der Waals surface area contributed by atoms with E-state index in [0.29, 0.717) is 24.4 Å². The fourth-order valence-electron chi connectivity index (χ4n) is 4.11. The molecule has 2 aromatic carbocycles. The van der Waals surface area contributed by atoms with Gasteiger partial charge in [-0.05, 0) is 60.0 Å². The Hall–Kier alpha value is -3.39. The molecule has 0 amide bonds. The first-order valence-electron chi connectivity index (χ1n) is 11.0. The number of rotatable bonds is 7. The van der Waals surface area contributed by atoms with Crippen LogP contribution in [0.25, 0.3) is 11.3 Å². The summed E-state index contributed by atoms with van der Waals surface area (Å²) in [6, 6.07) is 15.4. The second-order valence-corrected chi connectivity index (χ2v) is 8.37. The van der Waals surface area contributed by atoms with Gasteiger partial charge >= 0.3 is 12.1 Å². The van der Waals surface area contributed by atoms with Crippen LogP contribution < -0.4 is 4.74 Å². The van der Waals surface area contributed by atoms with Crippen molar-refractivity contribution >= 4 is 5.97 Å². The normalized spacial score (nSPS) is 14.0. The number of hydrogen-bond donors (Lipinski definition) is 1. The molecule has 34 heavy (non-hydrogen) atoms. The number of fused-ring (bicyclic) bond motifs is 1. The lowest BCUT2D eigenvalue weighted by Gasteiger charge is -2.27. The van der Waals surface area contributed by atoms with Crippen LogP contribution in [0.4, 0.5) is 13.2 Å². The molecule has 178 valence electrons. The summed E-state index contributed by atoms with van der Waals surface area (Å²) in [5.41, 5.74) is 3.89. The number of benzene rings is 2. The Balaban J connectivity index is 1.41. The number of alkyl halides is 3. The van der Waals surface area contributed by atoms with E-state index in [2.05, 4.69) is 4.90 Å². The highest BCUT2D eigenvalue weighted by molar-refractivity contribution is 5.66. The fourth-order valence-corrected chi connectivity index (χ4v) is 4.11. The summed E-state index contributed by atoms with van der Waals surface area (Å²) in [7, 11) is 0. The monoisotopic (exact) mass is 470 g/mol. The van der Waals surface area contributed by atoms with Crippen molar-refractivity contribution in [3.8, 4) is 17.0 Å². The zero-order valence-electron chi connectivity index (χ0n) is 18.7. The quantitative estimate of drug-likeness (QED) is 0.495. The third kappa shape index (κ3) is 5.56. The zero-order chi connectivity index (χ0) is 24.3. The number of carbonyl (C=O) groups is 1. The van der Waals surface area contributed by atoms with Gasteiger partial charge < -0.3 is 9.84 Å². The van der Waals surface area contributed by atoms with Crippen molar-refractivity contribution in [3.63, 3.8) is 0 Å². The maximum Gasteiger partial charge on any atom is 0.416 e. The van der Waals surface area contributed by atoms with Crippen molar-refractivity contribution in [2.75, 3.05) is 13.1 Å². The molecule has 1 N–H and O–H groups in total. The van der Waals surface area contributed by atoms with Crippen molar-refractivity contribution in [1.82, 2.24) is 9.88 Å². The first-order valence-corrected chi connectivity index (χ1v) is 11.0. The predicted octanol–water partition coefficient (Wildman–Crippen LogP) is 5.49. The first-order chi connectivity index (χ1) is 16.2. The lowest BCUT2D eigenvalue weighted by molar-refractivity contribution is -0.138. The first kappa shape index (κ1) is 23.8. The van der Waals surface area contributed by atoms with Crippen LogP contribution in [0.15, 0.2) is 54.6 Å². The molecule has 1 aromatic heterocycles. The highest BCUT2D eigenvalue weighted by atomic mass is 19.4. The highest BCUT2D eigenvalue weighted by Crippen LogP contribution is 2.33. The Labute approximate surface area is 195 Å². The van der Waals surface area contributed by atoms with E-state index in [1.54, 1.807) is 18.2 Å². The molecule has 5 nitrogen and oxygen atoms in total. The minimum Gasteiger partial charge on any atom is -0.489 e. The van der Waals surface area contributed by atoms with Crippen molar-refractivity contribution in [1.29, 1.82) is 0 Å².